The number of pyridine rings is 1. The number of rotatable bonds is 6. The molecule has 3 heterocycles. The van der Waals surface area contributed by atoms with Crippen molar-refractivity contribution in [2.24, 2.45) is 5.92 Å². The monoisotopic (exact) mass is 340 g/mol. The highest BCUT2D eigenvalue weighted by atomic mass is 16.3. The Kier molecular flexibility index (Phi) is 4.88. The zero-order chi connectivity index (χ0) is 18.0. The molecule has 0 radical (unpaired) electrons. The summed E-state index contributed by atoms with van der Waals surface area (Å²) in [6, 6.07) is 5.81. The first kappa shape index (κ1) is 17.2. The van der Waals surface area contributed by atoms with E-state index in [1.165, 1.54) is 0 Å². The Morgan fingerprint density at radius 1 is 1.28 bits per heavy atom. The van der Waals surface area contributed by atoms with Gasteiger partial charge in [0.05, 0.1) is 24.7 Å². The molecule has 0 saturated carbocycles. The minimum Gasteiger partial charge on any atom is -0.467 e. The van der Waals surface area contributed by atoms with Crippen LogP contribution in [0.1, 0.15) is 49.9 Å². The summed E-state index contributed by atoms with van der Waals surface area (Å²) >= 11 is 0. The van der Waals surface area contributed by atoms with Crippen LogP contribution >= 0.6 is 0 Å². The number of carbonyl (C=O) groups is 1. The molecule has 3 aromatic heterocycles. The molecule has 0 aliphatic carbocycles. The minimum atomic E-state index is -0.0569. The Labute approximate surface area is 147 Å². The van der Waals surface area contributed by atoms with Crippen LogP contribution in [0.5, 0.6) is 0 Å². The van der Waals surface area contributed by atoms with Gasteiger partial charge in [-0.05, 0) is 38.0 Å². The van der Waals surface area contributed by atoms with Gasteiger partial charge in [-0.1, -0.05) is 13.8 Å². The molecule has 6 nitrogen and oxygen atoms in total. The van der Waals surface area contributed by atoms with Gasteiger partial charge in [-0.15, -0.1) is 0 Å². The summed E-state index contributed by atoms with van der Waals surface area (Å²) in [4.78, 5) is 23.7. The van der Waals surface area contributed by atoms with Crippen molar-refractivity contribution in [3.05, 3.63) is 48.3 Å². The van der Waals surface area contributed by atoms with E-state index < -0.39 is 0 Å². The largest absolute Gasteiger partial charge is 0.467 e. The fraction of sp³-hybridized carbons (Fsp3) is 0.421. The van der Waals surface area contributed by atoms with Gasteiger partial charge in [-0.3, -0.25) is 4.79 Å². The lowest BCUT2D eigenvalue weighted by Crippen LogP contribution is -2.33. The second kappa shape index (κ2) is 7.09. The quantitative estimate of drug-likeness (QED) is 0.682. The Bertz CT molecular complexity index is 850. The fourth-order valence-corrected chi connectivity index (χ4v) is 2.85. The van der Waals surface area contributed by atoms with E-state index in [0.717, 1.165) is 16.9 Å². The number of furan rings is 1. The third-order valence-corrected chi connectivity index (χ3v) is 4.02. The average molecular weight is 340 g/mol. The maximum atomic E-state index is 13.0. The SMILES string of the molecule is CC(C)CN(Cc1ccco1)C(=O)c1cnc2c(c1)ncn2C(C)C. The van der Waals surface area contributed by atoms with Crippen molar-refractivity contribution in [2.75, 3.05) is 6.54 Å². The molecular formula is C19H24N4O2. The van der Waals surface area contributed by atoms with E-state index in [-0.39, 0.29) is 11.9 Å². The van der Waals surface area contributed by atoms with Crippen LogP contribution in [-0.2, 0) is 6.54 Å². The third-order valence-electron chi connectivity index (χ3n) is 4.02. The van der Waals surface area contributed by atoms with Crippen LogP contribution < -0.4 is 0 Å². The summed E-state index contributed by atoms with van der Waals surface area (Å²) in [5, 5.41) is 0. The first-order valence-corrected chi connectivity index (χ1v) is 8.60. The lowest BCUT2D eigenvalue weighted by Gasteiger charge is -2.23. The van der Waals surface area contributed by atoms with Gasteiger partial charge in [-0.25, -0.2) is 9.97 Å². The summed E-state index contributed by atoms with van der Waals surface area (Å²) in [6.45, 7) is 9.44. The van der Waals surface area contributed by atoms with E-state index in [1.807, 2.05) is 22.8 Å². The summed E-state index contributed by atoms with van der Waals surface area (Å²) in [5.74, 6) is 1.07. The molecule has 0 bridgehead atoms. The fourth-order valence-electron chi connectivity index (χ4n) is 2.85. The summed E-state index contributed by atoms with van der Waals surface area (Å²) in [6.07, 6.45) is 5.03. The molecule has 0 fully saturated rings. The molecule has 3 aromatic rings. The molecule has 0 aliphatic rings. The van der Waals surface area contributed by atoms with Crippen molar-refractivity contribution in [2.45, 2.75) is 40.3 Å². The highest BCUT2D eigenvalue weighted by Crippen LogP contribution is 2.18. The Balaban J connectivity index is 1.89. The number of aromatic nitrogens is 3. The van der Waals surface area contributed by atoms with Gasteiger partial charge in [0.25, 0.3) is 5.91 Å². The molecule has 0 aromatic carbocycles. The van der Waals surface area contributed by atoms with Crippen LogP contribution in [0.4, 0.5) is 0 Å². The molecule has 0 atom stereocenters. The molecule has 0 spiro atoms. The normalized spacial score (nSPS) is 11.6. The van der Waals surface area contributed by atoms with Crippen LogP contribution in [0.3, 0.4) is 0 Å². The van der Waals surface area contributed by atoms with Gasteiger partial charge in [0, 0.05) is 18.8 Å². The molecule has 0 aliphatic heterocycles. The molecule has 132 valence electrons. The predicted octanol–water partition coefficient (Wildman–Crippen LogP) is 3.90. The van der Waals surface area contributed by atoms with Crippen molar-refractivity contribution >= 4 is 17.1 Å². The Hall–Kier alpha value is -2.63. The topological polar surface area (TPSA) is 64.2 Å². The average Bonchev–Trinajstić information content (AvgIpc) is 3.21. The smallest absolute Gasteiger partial charge is 0.255 e. The molecular weight excluding hydrogens is 316 g/mol. The van der Waals surface area contributed by atoms with Crippen molar-refractivity contribution < 1.29 is 9.21 Å². The number of nitrogens with zero attached hydrogens (tertiary/aromatic N) is 4. The molecule has 25 heavy (non-hydrogen) atoms. The summed E-state index contributed by atoms with van der Waals surface area (Å²) in [5.41, 5.74) is 2.09. The van der Waals surface area contributed by atoms with Crippen LogP contribution in [-0.4, -0.2) is 31.9 Å². The van der Waals surface area contributed by atoms with E-state index in [9.17, 15) is 4.79 Å². The van der Waals surface area contributed by atoms with Gasteiger partial charge < -0.3 is 13.9 Å². The molecule has 6 heteroatoms. The first-order chi connectivity index (χ1) is 12.0. The highest BCUT2D eigenvalue weighted by Gasteiger charge is 2.20. The van der Waals surface area contributed by atoms with Gasteiger partial charge in [0.2, 0.25) is 0 Å². The maximum absolute atomic E-state index is 13.0. The number of amides is 1. The Morgan fingerprint density at radius 2 is 2.08 bits per heavy atom. The maximum Gasteiger partial charge on any atom is 0.255 e. The second-order valence-corrected chi connectivity index (χ2v) is 6.97. The predicted molar refractivity (Wildman–Crippen MR) is 96.2 cm³/mol. The van der Waals surface area contributed by atoms with Crippen molar-refractivity contribution in [3.8, 4) is 0 Å². The molecule has 1 amide bonds. The van der Waals surface area contributed by atoms with E-state index in [0.29, 0.717) is 24.6 Å². The Morgan fingerprint density at radius 3 is 2.72 bits per heavy atom. The van der Waals surface area contributed by atoms with E-state index >= 15 is 0 Å². The van der Waals surface area contributed by atoms with E-state index in [4.69, 9.17) is 4.42 Å². The van der Waals surface area contributed by atoms with Crippen LogP contribution in [0.2, 0.25) is 0 Å². The standard InChI is InChI=1S/C19H24N4O2/c1-13(2)10-22(11-16-6-5-7-25-16)19(24)15-8-17-18(20-9-15)23(12-21-17)14(3)4/h5-9,12-14H,10-11H2,1-4H3. The van der Waals surface area contributed by atoms with Gasteiger partial charge in [0.15, 0.2) is 5.65 Å². The lowest BCUT2D eigenvalue weighted by molar-refractivity contribution is 0.0710. The van der Waals surface area contributed by atoms with E-state index in [1.54, 1.807) is 23.7 Å². The molecule has 0 N–H and O–H groups in total. The van der Waals surface area contributed by atoms with Crippen molar-refractivity contribution in [1.29, 1.82) is 0 Å². The first-order valence-electron chi connectivity index (χ1n) is 8.60. The van der Waals surface area contributed by atoms with Crippen molar-refractivity contribution in [1.82, 2.24) is 19.4 Å². The van der Waals surface area contributed by atoms with E-state index in [2.05, 4.69) is 37.7 Å². The number of carbonyl (C=O) groups excluding carboxylic acids is 1. The lowest BCUT2D eigenvalue weighted by atomic mass is 10.1. The number of hydrogen-bond acceptors (Lipinski definition) is 4. The summed E-state index contributed by atoms with van der Waals surface area (Å²) in [7, 11) is 0. The minimum absolute atomic E-state index is 0.0569. The molecule has 0 unspecified atom stereocenters. The zero-order valence-electron chi connectivity index (χ0n) is 15.1. The second-order valence-electron chi connectivity index (χ2n) is 6.97. The van der Waals surface area contributed by atoms with Crippen LogP contribution in [0.25, 0.3) is 11.2 Å². The third kappa shape index (κ3) is 3.73. The molecule has 0 saturated heterocycles. The van der Waals surface area contributed by atoms with Gasteiger partial charge >= 0.3 is 0 Å². The van der Waals surface area contributed by atoms with Crippen LogP contribution in [0.15, 0.2) is 41.4 Å². The van der Waals surface area contributed by atoms with Crippen LogP contribution in [0, 0.1) is 5.92 Å². The van der Waals surface area contributed by atoms with Gasteiger partial charge in [0.1, 0.15) is 11.3 Å². The summed E-state index contributed by atoms with van der Waals surface area (Å²) < 4.78 is 7.40. The molecule has 3 rings (SSSR count). The number of hydrogen-bond donors (Lipinski definition) is 0. The van der Waals surface area contributed by atoms with Crippen molar-refractivity contribution in [3.63, 3.8) is 0 Å². The van der Waals surface area contributed by atoms with Gasteiger partial charge in [-0.2, -0.15) is 0 Å². The number of fused-ring (bicyclic) bond motifs is 1. The zero-order valence-corrected chi connectivity index (χ0v) is 15.1. The number of imidazole rings is 1. The highest BCUT2D eigenvalue weighted by molar-refractivity contribution is 5.96.